The summed E-state index contributed by atoms with van der Waals surface area (Å²) in [7, 11) is 1.71. The third-order valence-electron chi connectivity index (χ3n) is 2.82. The lowest BCUT2D eigenvalue weighted by Crippen LogP contribution is -2.54. The smallest absolute Gasteiger partial charge is 0.239 e. The van der Waals surface area contributed by atoms with E-state index in [1.165, 1.54) is 0 Å². The molecule has 88 valence electrons. The molecule has 0 radical (unpaired) electrons. The summed E-state index contributed by atoms with van der Waals surface area (Å²) in [4.78, 5) is 13.8. The fourth-order valence-corrected chi connectivity index (χ4v) is 1.88. The molecule has 0 aromatic heterocycles. The molecule has 1 atom stereocenters. The van der Waals surface area contributed by atoms with E-state index in [4.69, 9.17) is 4.74 Å². The van der Waals surface area contributed by atoms with Crippen LogP contribution in [0.2, 0.25) is 0 Å². The first-order valence-corrected chi connectivity index (χ1v) is 5.80. The molecule has 0 aliphatic carbocycles. The second-order valence-corrected chi connectivity index (χ2v) is 3.94. The predicted octanol–water partition coefficient (Wildman–Crippen LogP) is 0.623. The van der Waals surface area contributed by atoms with Crippen molar-refractivity contribution >= 4 is 5.91 Å². The van der Waals surface area contributed by atoms with Gasteiger partial charge >= 0.3 is 0 Å². The van der Waals surface area contributed by atoms with E-state index in [1.807, 2.05) is 11.8 Å². The second kappa shape index (κ2) is 6.80. The predicted molar refractivity (Wildman–Crippen MR) is 59.8 cm³/mol. The van der Waals surface area contributed by atoms with Crippen molar-refractivity contribution in [3.05, 3.63) is 0 Å². The lowest BCUT2D eigenvalue weighted by Gasteiger charge is -2.32. The van der Waals surface area contributed by atoms with Gasteiger partial charge in [0.1, 0.15) is 0 Å². The summed E-state index contributed by atoms with van der Waals surface area (Å²) in [5.74, 6) is 0.265. The van der Waals surface area contributed by atoms with Crippen LogP contribution in [0.25, 0.3) is 0 Å². The standard InChI is InChI=1S/C11H22N2O2/c1-3-10-11(14)13(8-6-12-10)7-4-5-9-15-2/h10,12H,3-9H2,1-2H3. The van der Waals surface area contributed by atoms with Crippen molar-refractivity contribution in [2.75, 3.05) is 33.4 Å². The Morgan fingerprint density at radius 3 is 3.00 bits per heavy atom. The number of rotatable bonds is 6. The fraction of sp³-hybridized carbons (Fsp3) is 0.909. The molecule has 1 rings (SSSR count). The van der Waals surface area contributed by atoms with Crippen molar-refractivity contribution in [2.45, 2.75) is 32.2 Å². The highest BCUT2D eigenvalue weighted by atomic mass is 16.5. The molecule has 0 saturated carbocycles. The molecule has 4 heteroatoms. The lowest BCUT2D eigenvalue weighted by molar-refractivity contribution is -0.135. The van der Waals surface area contributed by atoms with Crippen molar-refractivity contribution in [1.82, 2.24) is 10.2 Å². The van der Waals surface area contributed by atoms with Gasteiger partial charge in [-0.05, 0) is 19.3 Å². The number of ether oxygens (including phenoxy) is 1. The van der Waals surface area contributed by atoms with Gasteiger partial charge < -0.3 is 15.0 Å². The van der Waals surface area contributed by atoms with E-state index in [1.54, 1.807) is 7.11 Å². The van der Waals surface area contributed by atoms with Gasteiger partial charge in [0.2, 0.25) is 5.91 Å². The summed E-state index contributed by atoms with van der Waals surface area (Å²) in [6.07, 6.45) is 2.95. The number of hydrogen-bond donors (Lipinski definition) is 1. The topological polar surface area (TPSA) is 41.6 Å². The molecule has 0 aromatic carbocycles. The third kappa shape index (κ3) is 3.80. The van der Waals surface area contributed by atoms with Crippen LogP contribution in [0.15, 0.2) is 0 Å². The minimum absolute atomic E-state index is 0.0428. The zero-order valence-corrected chi connectivity index (χ0v) is 9.79. The zero-order valence-electron chi connectivity index (χ0n) is 9.79. The molecule has 1 fully saturated rings. The van der Waals surface area contributed by atoms with Crippen LogP contribution in [0, 0.1) is 0 Å². The van der Waals surface area contributed by atoms with E-state index < -0.39 is 0 Å². The molecule has 15 heavy (non-hydrogen) atoms. The van der Waals surface area contributed by atoms with Crippen molar-refractivity contribution in [3.8, 4) is 0 Å². The Hall–Kier alpha value is -0.610. The SMILES string of the molecule is CCC1NCCN(CCCCOC)C1=O. The summed E-state index contributed by atoms with van der Waals surface area (Å²) in [5.41, 5.74) is 0. The van der Waals surface area contributed by atoms with E-state index in [-0.39, 0.29) is 11.9 Å². The van der Waals surface area contributed by atoms with Crippen LogP contribution in [0.3, 0.4) is 0 Å². The summed E-state index contributed by atoms with van der Waals surface area (Å²) in [5, 5.41) is 3.23. The minimum atomic E-state index is 0.0428. The van der Waals surface area contributed by atoms with Crippen molar-refractivity contribution in [3.63, 3.8) is 0 Å². The molecule has 0 aromatic rings. The molecule has 0 spiro atoms. The first-order chi connectivity index (χ1) is 7.29. The normalized spacial score (nSPS) is 22.1. The summed E-state index contributed by atoms with van der Waals surface area (Å²) < 4.78 is 4.98. The Kier molecular flexibility index (Phi) is 5.65. The van der Waals surface area contributed by atoms with Gasteiger partial charge in [0.25, 0.3) is 0 Å². The zero-order chi connectivity index (χ0) is 11.1. The monoisotopic (exact) mass is 214 g/mol. The van der Waals surface area contributed by atoms with Gasteiger partial charge in [0, 0.05) is 33.4 Å². The Morgan fingerprint density at radius 2 is 2.33 bits per heavy atom. The van der Waals surface area contributed by atoms with E-state index in [0.29, 0.717) is 0 Å². The summed E-state index contributed by atoms with van der Waals surface area (Å²) in [6.45, 7) is 5.48. The van der Waals surface area contributed by atoms with Gasteiger partial charge in [-0.25, -0.2) is 0 Å². The van der Waals surface area contributed by atoms with Crippen LogP contribution in [-0.4, -0.2) is 50.2 Å². The molecular weight excluding hydrogens is 192 g/mol. The van der Waals surface area contributed by atoms with Gasteiger partial charge in [-0.1, -0.05) is 6.92 Å². The average molecular weight is 214 g/mol. The van der Waals surface area contributed by atoms with E-state index in [9.17, 15) is 4.79 Å². The lowest BCUT2D eigenvalue weighted by atomic mass is 10.1. The highest BCUT2D eigenvalue weighted by Gasteiger charge is 2.25. The van der Waals surface area contributed by atoms with Crippen LogP contribution in [-0.2, 0) is 9.53 Å². The molecule has 1 aliphatic rings. The Morgan fingerprint density at radius 1 is 1.53 bits per heavy atom. The molecule has 1 aliphatic heterocycles. The number of piperazine rings is 1. The van der Waals surface area contributed by atoms with Crippen LogP contribution in [0.1, 0.15) is 26.2 Å². The number of carbonyl (C=O) groups excluding carboxylic acids is 1. The number of nitrogens with one attached hydrogen (secondary N) is 1. The summed E-state index contributed by atoms with van der Waals surface area (Å²) in [6, 6.07) is 0.0428. The maximum atomic E-state index is 11.9. The molecule has 1 N–H and O–H groups in total. The maximum absolute atomic E-state index is 11.9. The molecule has 0 bridgehead atoms. The molecule has 1 unspecified atom stereocenters. The Balaban J connectivity index is 2.24. The number of methoxy groups -OCH3 is 1. The summed E-state index contributed by atoms with van der Waals surface area (Å²) >= 11 is 0. The van der Waals surface area contributed by atoms with Crippen molar-refractivity contribution in [2.24, 2.45) is 0 Å². The van der Waals surface area contributed by atoms with Gasteiger partial charge in [0.15, 0.2) is 0 Å². The first-order valence-electron chi connectivity index (χ1n) is 5.80. The van der Waals surface area contributed by atoms with E-state index in [0.717, 1.165) is 45.5 Å². The molecule has 1 saturated heterocycles. The van der Waals surface area contributed by atoms with Crippen molar-refractivity contribution in [1.29, 1.82) is 0 Å². The average Bonchev–Trinajstić information content (AvgIpc) is 2.26. The molecule has 4 nitrogen and oxygen atoms in total. The Bertz CT molecular complexity index is 197. The van der Waals surface area contributed by atoms with Crippen molar-refractivity contribution < 1.29 is 9.53 Å². The van der Waals surface area contributed by atoms with Gasteiger partial charge in [-0.2, -0.15) is 0 Å². The van der Waals surface area contributed by atoms with E-state index >= 15 is 0 Å². The second-order valence-electron chi connectivity index (χ2n) is 3.94. The van der Waals surface area contributed by atoms with Crippen LogP contribution >= 0.6 is 0 Å². The maximum Gasteiger partial charge on any atom is 0.239 e. The highest BCUT2D eigenvalue weighted by Crippen LogP contribution is 2.06. The molecule has 1 amide bonds. The Labute approximate surface area is 92.0 Å². The number of amides is 1. The molecule has 1 heterocycles. The molecular formula is C11H22N2O2. The number of nitrogens with zero attached hydrogens (tertiary/aromatic N) is 1. The third-order valence-corrected chi connectivity index (χ3v) is 2.82. The van der Waals surface area contributed by atoms with Gasteiger partial charge in [-0.15, -0.1) is 0 Å². The minimum Gasteiger partial charge on any atom is -0.385 e. The largest absolute Gasteiger partial charge is 0.385 e. The van der Waals surface area contributed by atoms with Crippen LogP contribution in [0.5, 0.6) is 0 Å². The van der Waals surface area contributed by atoms with Gasteiger partial charge in [-0.3, -0.25) is 4.79 Å². The quantitative estimate of drug-likeness (QED) is 0.659. The van der Waals surface area contributed by atoms with Crippen LogP contribution in [0.4, 0.5) is 0 Å². The fourth-order valence-electron chi connectivity index (χ4n) is 1.88. The van der Waals surface area contributed by atoms with E-state index in [2.05, 4.69) is 5.32 Å². The first kappa shape index (κ1) is 12.5. The number of hydrogen-bond acceptors (Lipinski definition) is 3. The highest BCUT2D eigenvalue weighted by molar-refractivity contribution is 5.82. The number of unbranched alkanes of at least 4 members (excludes halogenated alkanes) is 1. The number of carbonyl (C=O) groups is 1. The van der Waals surface area contributed by atoms with Gasteiger partial charge in [0.05, 0.1) is 6.04 Å². The van der Waals surface area contributed by atoms with Crippen LogP contribution < -0.4 is 5.32 Å².